The van der Waals surface area contributed by atoms with Crippen LogP contribution in [0.1, 0.15) is 15.9 Å². The maximum atomic E-state index is 12.8. The van der Waals surface area contributed by atoms with Gasteiger partial charge < -0.3 is 19.5 Å². The van der Waals surface area contributed by atoms with Crippen LogP contribution in [0, 0.1) is 0 Å². The summed E-state index contributed by atoms with van der Waals surface area (Å²) in [4.78, 5) is 15.2. The lowest BCUT2D eigenvalue weighted by Crippen LogP contribution is -2.29. The zero-order chi connectivity index (χ0) is 23.9. The summed E-state index contributed by atoms with van der Waals surface area (Å²) in [5, 5.41) is 4.06. The highest BCUT2D eigenvalue weighted by Gasteiger charge is 2.21. The normalized spacial score (nSPS) is 13.4. The van der Waals surface area contributed by atoms with Gasteiger partial charge in [-0.15, -0.1) is 0 Å². The number of aryl methyl sites for hydroxylation is 1. The molecule has 1 N–H and O–H groups in total. The number of hydrogen-bond acceptors (Lipinski definition) is 5. The number of anilines is 2. The topological polar surface area (TPSA) is 80.6 Å². The molecule has 0 radical (unpaired) electrons. The highest BCUT2D eigenvalue weighted by atomic mass is 32.2. The highest BCUT2D eigenvalue weighted by Crippen LogP contribution is 2.38. The molecule has 1 aliphatic rings. The number of nitrogens with zero attached hydrogens (tertiary/aromatic N) is 2. The van der Waals surface area contributed by atoms with E-state index < -0.39 is 9.84 Å². The molecule has 0 atom stereocenters. The van der Waals surface area contributed by atoms with Crippen molar-refractivity contribution >= 4 is 38.0 Å². The largest absolute Gasteiger partial charge is 0.490 e. The summed E-state index contributed by atoms with van der Waals surface area (Å²) in [6.45, 7) is 1.54. The number of benzene rings is 3. The lowest BCUT2D eigenvalue weighted by molar-refractivity contribution is 0.0950. The molecule has 1 aromatic heterocycles. The molecule has 34 heavy (non-hydrogen) atoms. The fourth-order valence-corrected chi connectivity index (χ4v) is 4.84. The quantitative estimate of drug-likeness (QED) is 0.471. The van der Waals surface area contributed by atoms with Crippen LogP contribution < -0.4 is 15.0 Å². The van der Waals surface area contributed by atoms with E-state index in [4.69, 9.17) is 4.74 Å². The monoisotopic (exact) mass is 475 g/mol. The molecule has 0 bridgehead atoms. The Morgan fingerprint density at radius 2 is 1.82 bits per heavy atom. The Hall–Kier alpha value is -3.78. The van der Waals surface area contributed by atoms with Crippen molar-refractivity contribution in [1.29, 1.82) is 0 Å². The summed E-state index contributed by atoms with van der Waals surface area (Å²) < 4.78 is 31.2. The van der Waals surface area contributed by atoms with Crippen LogP contribution in [0.15, 0.2) is 77.8 Å². The summed E-state index contributed by atoms with van der Waals surface area (Å²) in [7, 11) is -1.21. The first-order chi connectivity index (χ1) is 16.3. The van der Waals surface area contributed by atoms with Gasteiger partial charge in [-0.25, -0.2) is 8.42 Å². The zero-order valence-electron chi connectivity index (χ0n) is 19.0. The minimum atomic E-state index is -3.24. The third-order valence-corrected chi connectivity index (χ3v) is 7.20. The Bertz CT molecular complexity index is 1490. The van der Waals surface area contributed by atoms with E-state index in [2.05, 4.69) is 39.0 Å². The van der Waals surface area contributed by atoms with Crippen molar-refractivity contribution in [2.24, 2.45) is 7.05 Å². The predicted molar refractivity (Wildman–Crippen MR) is 133 cm³/mol. The van der Waals surface area contributed by atoms with Crippen LogP contribution in [0.4, 0.5) is 11.4 Å². The van der Waals surface area contributed by atoms with E-state index in [1.807, 2.05) is 19.3 Å². The van der Waals surface area contributed by atoms with Gasteiger partial charge in [0.05, 0.1) is 17.1 Å². The predicted octanol–water partition coefficient (Wildman–Crippen LogP) is 4.04. The Labute approximate surface area is 198 Å². The lowest BCUT2D eigenvalue weighted by Gasteiger charge is -2.31. The van der Waals surface area contributed by atoms with Crippen molar-refractivity contribution in [3.8, 4) is 5.75 Å². The van der Waals surface area contributed by atoms with E-state index in [1.165, 1.54) is 17.2 Å². The fraction of sp³-hybridized carbons (Fsp3) is 0.192. The second kappa shape index (κ2) is 8.53. The van der Waals surface area contributed by atoms with Crippen molar-refractivity contribution in [2.75, 3.05) is 24.3 Å². The van der Waals surface area contributed by atoms with E-state index in [-0.39, 0.29) is 10.8 Å². The highest BCUT2D eigenvalue weighted by molar-refractivity contribution is 7.90. The Kier molecular flexibility index (Phi) is 5.53. The van der Waals surface area contributed by atoms with E-state index in [9.17, 15) is 13.2 Å². The molecule has 0 saturated heterocycles. The average Bonchev–Trinajstić information content (AvgIpc) is 3.21. The standard InChI is InChI=1S/C26H25N3O4S/c1-28-12-11-19-15-21(6-10-23(19)28)29-13-14-33-25-16-20(5-9-24(25)29)26(30)27-17-18-3-7-22(8-4-18)34(2,31)32/h3-12,15-16H,13-14,17H2,1-2H3,(H,27,30). The molecule has 174 valence electrons. The summed E-state index contributed by atoms with van der Waals surface area (Å²) in [5.74, 6) is 0.450. The molecule has 1 amide bonds. The summed E-state index contributed by atoms with van der Waals surface area (Å²) in [5.41, 5.74) is 4.51. The van der Waals surface area contributed by atoms with E-state index in [0.29, 0.717) is 24.5 Å². The third kappa shape index (κ3) is 4.24. The number of fused-ring (bicyclic) bond motifs is 2. The number of carbonyl (C=O) groups is 1. The van der Waals surface area contributed by atoms with Gasteiger partial charge in [-0.05, 0) is 60.2 Å². The van der Waals surface area contributed by atoms with Gasteiger partial charge >= 0.3 is 0 Å². The van der Waals surface area contributed by atoms with Gasteiger partial charge in [0.1, 0.15) is 12.4 Å². The van der Waals surface area contributed by atoms with E-state index in [0.717, 1.165) is 23.5 Å². The molecule has 7 nitrogen and oxygen atoms in total. The Balaban J connectivity index is 1.32. The summed E-state index contributed by atoms with van der Waals surface area (Å²) >= 11 is 0. The summed E-state index contributed by atoms with van der Waals surface area (Å²) in [6, 6.07) is 20.5. The lowest BCUT2D eigenvalue weighted by atomic mass is 10.1. The number of ether oxygens (including phenoxy) is 1. The third-order valence-electron chi connectivity index (χ3n) is 6.07. The van der Waals surface area contributed by atoms with Gasteiger partial charge in [0, 0.05) is 48.2 Å². The van der Waals surface area contributed by atoms with Gasteiger partial charge in [0.2, 0.25) is 0 Å². The van der Waals surface area contributed by atoms with Crippen molar-refractivity contribution < 1.29 is 17.9 Å². The van der Waals surface area contributed by atoms with Crippen molar-refractivity contribution in [1.82, 2.24) is 9.88 Å². The molecule has 0 fully saturated rings. The van der Waals surface area contributed by atoms with Gasteiger partial charge in [-0.2, -0.15) is 0 Å². The molecule has 8 heteroatoms. The molecule has 0 spiro atoms. The van der Waals surface area contributed by atoms with Crippen molar-refractivity contribution in [3.05, 3.63) is 84.1 Å². The van der Waals surface area contributed by atoms with Crippen LogP contribution in [0.2, 0.25) is 0 Å². The van der Waals surface area contributed by atoms with Crippen molar-refractivity contribution in [3.63, 3.8) is 0 Å². The van der Waals surface area contributed by atoms with Gasteiger partial charge in [0.25, 0.3) is 5.91 Å². The van der Waals surface area contributed by atoms with Crippen LogP contribution >= 0.6 is 0 Å². The minimum absolute atomic E-state index is 0.221. The molecule has 0 aliphatic carbocycles. The number of amides is 1. The fourth-order valence-electron chi connectivity index (χ4n) is 4.21. The number of carbonyl (C=O) groups excluding carboxylic acids is 1. The number of aromatic nitrogens is 1. The van der Waals surface area contributed by atoms with Crippen LogP contribution in [0.3, 0.4) is 0 Å². The number of hydrogen-bond donors (Lipinski definition) is 1. The molecule has 2 heterocycles. The van der Waals surface area contributed by atoms with E-state index >= 15 is 0 Å². The van der Waals surface area contributed by atoms with Gasteiger partial charge in [-0.3, -0.25) is 4.79 Å². The SMILES string of the molecule is Cn1ccc2cc(N3CCOc4cc(C(=O)NCc5ccc(S(C)(=O)=O)cc5)ccc43)ccc21. The average molecular weight is 476 g/mol. The molecule has 0 saturated carbocycles. The Morgan fingerprint density at radius 1 is 1.03 bits per heavy atom. The molecular weight excluding hydrogens is 450 g/mol. The maximum Gasteiger partial charge on any atom is 0.251 e. The first-order valence-corrected chi connectivity index (χ1v) is 12.9. The maximum absolute atomic E-state index is 12.8. The smallest absolute Gasteiger partial charge is 0.251 e. The second-order valence-electron chi connectivity index (χ2n) is 8.45. The number of sulfone groups is 1. The molecule has 4 aromatic rings. The molecule has 3 aromatic carbocycles. The molecule has 0 unspecified atom stereocenters. The van der Waals surface area contributed by atoms with Crippen LogP contribution in [0.5, 0.6) is 5.75 Å². The van der Waals surface area contributed by atoms with Crippen LogP contribution in [-0.4, -0.2) is 38.3 Å². The van der Waals surface area contributed by atoms with E-state index in [1.54, 1.807) is 36.4 Å². The van der Waals surface area contributed by atoms with Gasteiger partial charge in [-0.1, -0.05) is 12.1 Å². The number of rotatable bonds is 5. The number of nitrogens with one attached hydrogen (secondary N) is 1. The zero-order valence-corrected chi connectivity index (χ0v) is 19.8. The molecule has 5 rings (SSSR count). The van der Waals surface area contributed by atoms with Crippen molar-refractivity contribution in [2.45, 2.75) is 11.4 Å². The molecular formula is C26H25N3O4S. The van der Waals surface area contributed by atoms with Crippen LogP contribution in [0.25, 0.3) is 10.9 Å². The Morgan fingerprint density at radius 3 is 2.59 bits per heavy atom. The van der Waals surface area contributed by atoms with Gasteiger partial charge in [0.15, 0.2) is 9.84 Å². The second-order valence-corrected chi connectivity index (χ2v) is 10.5. The molecule has 1 aliphatic heterocycles. The minimum Gasteiger partial charge on any atom is -0.490 e. The summed E-state index contributed by atoms with van der Waals surface area (Å²) in [6.07, 6.45) is 3.22. The first-order valence-electron chi connectivity index (χ1n) is 11.0. The first kappa shape index (κ1) is 22.0. The van der Waals surface area contributed by atoms with Crippen LogP contribution in [-0.2, 0) is 23.4 Å².